The molecule has 2 aromatic rings. The van der Waals surface area contributed by atoms with Crippen molar-refractivity contribution in [3.63, 3.8) is 0 Å². The van der Waals surface area contributed by atoms with Crippen LogP contribution in [0.5, 0.6) is 0 Å². The first-order valence-corrected chi connectivity index (χ1v) is 11.7. The molecule has 2 fully saturated rings. The Morgan fingerprint density at radius 1 is 0.533 bits per heavy atom. The van der Waals surface area contributed by atoms with Crippen molar-refractivity contribution in [1.82, 2.24) is 31.1 Å². The molecule has 2 aliphatic heterocycles. The minimum absolute atomic E-state index is 1.01. The van der Waals surface area contributed by atoms with Gasteiger partial charge in [-0.3, -0.25) is 9.80 Å². The van der Waals surface area contributed by atoms with Crippen molar-refractivity contribution >= 4 is 10.8 Å². The molecule has 164 valence electrons. The zero-order valence-electron chi connectivity index (χ0n) is 18.3. The van der Waals surface area contributed by atoms with Crippen molar-refractivity contribution in [2.24, 2.45) is 0 Å². The van der Waals surface area contributed by atoms with Crippen LogP contribution in [0.3, 0.4) is 0 Å². The first kappa shape index (κ1) is 21.7. The first-order chi connectivity index (χ1) is 14.9. The van der Waals surface area contributed by atoms with Gasteiger partial charge in [0.1, 0.15) is 0 Å². The maximum atomic E-state index is 3.54. The minimum Gasteiger partial charge on any atom is -0.314 e. The molecule has 2 heterocycles. The monoisotopic (exact) mass is 410 g/mol. The molecule has 6 nitrogen and oxygen atoms in total. The molecule has 4 N–H and O–H groups in total. The molecular formula is C24H38N6. The molecule has 0 spiro atoms. The zero-order valence-corrected chi connectivity index (χ0v) is 18.3. The summed E-state index contributed by atoms with van der Waals surface area (Å²) in [5.74, 6) is 0. The van der Waals surface area contributed by atoms with E-state index < -0.39 is 0 Å². The molecule has 0 bridgehead atoms. The van der Waals surface area contributed by atoms with Gasteiger partial charge in [-0.1, -0.05) is 36.4 Å². The van der Waals surface area contributed by atoms with Gasteiger partial charge in [-0.2, -0.15) is 0 Å². The first-order valence-electron chi connectivity index (χ1n) is 11.7. The Labute approximate surface area is 181 Å². The van der Waals surface area contributed by atoms with Crippen LogP contribution in [-0.4, -0.2) is 88.3 Å². The third-order valence-corrected chi connectivity index (χ3v) is 6.24. The molecule has 6 heteroatoms. The highest BCUT2D eigenvalue weighted by molar-refractivity contribution is 5.88. The fraction of sp³-hybridized carbons (Fsp3) is 0.583. The van der Waals surface area contributed by atoms with Crippen molar-refractivity contribution in [2.45, 2.75) is 13.1 Å². The second-order valence-electron chi connectivity index (χ2n) is 8.48. The van der Waals surface area contributed by atoms with Crippen molar-refractivity contribution in [3.8, 4) is 0 Å². The van der Waals surface area contributed by atoms with Crippen molar-refractivity contribution in [3.05, 3.63) is 47.5 Å². The van der Waals surface area contributed by atoms with E-state index in [-0.39, 0.29) is 0 Å². The van der Waals surface area contributed by atoms with Gasteiger partial charge in [-0.05, 0) is 21.9 Å². The molecule has 30 heavy (non-hydrogen) atoms. The normalized spacial score (nSPS) is 21.2. The molecule has 2 aliphatic rings. The van der Waals surface area contributed by atoms with E-state index >= 15 is 0 Å². The number of benzene rings is 2. The summed E-state index contributed by atoms with van der Waals surface area (Å²) in [5.41, 5.74) is 2.92. The Balaban J connectivity index is 1.54. The molecule has 0 unspecified atom stereocenters. The van der Waals surface area contributed by atoms with Crippen LogP contribution in [0, 0.1) is 0 Å². The van der Waals surface area contributed by atoms with E-state index in [1.54, 1.807) is 0 Å². The second-order valence-corrected chi connectivity index (χ2v) is 8.48. The molecule has 0 amide bonds. The highest BCUT2D eigenvalue weighted by atomic mass is 15.2. The Bertz CT molecular complexity index is 699. The molecular weight excluding hydrogens is 372 g/mol. The third-order valence-electron chi connectivity index (χ3n) is 6.24. The summed E-state index contributed by atoms with van der Waals surface area (Å²) in [5, 5.41) is 17.0. The van der Waals surface area contributed by atoms with Crippen LogP contribution in [0.15, 0.2) is 36.4 Å². The van der Waals surface area contributed by atoms with E-state index in [9.17, 15) is 0 Å². The number of rotatable bonds is 4. The van der Waals surface area contributed by atoms with Crippen LogP contribution in [0.2, 0.25) is 0 Å². The largest absolute Gasteiger partial charge is 0.314 e. The van der Waals surface area contributed by atoms with E-state index in [2.05, 4.69) is 67.5 Å². The lowest BCUT2D eigenvalue weighted by Gasteiger charge is -2.25. The summed E-state index contributed by atoms with van der Waals surface area (Å²) in [7, 11) is 0. The topological polar surface area (TPSA) is 54.6 Å². The zero-order chi connectivity index (χ0) is 20.4. The van der Waals surface area contributed by atoms with E-state index in [0.29, 0.717) is 0 Å². The van der Waals surface area contributed by atoms with Gasteiger partial charge in [0, 0.05) is 91.6 Å². The highest BCUT2D eigenvalue weighted by Gasteiger charge is 2.14. The predicted octanol–water partition coefficient (Wildman–Crippen LogP) is 0.829. The standard InChI is InChI=1S/C24H38N6/c1-3-21-4-2-6-23(20-30-17-13-27-9-10-28-14-18-30)24(21)22(5-1)19-29-15-11-25-7-8-26-12-16-29/h1-6,25-28H,7-20H2. The van der Waals surface area contributed by atoms with Gasteiger partial charge < -0.3 is 21.3 Å². The van der Waals surface area contributed by atoms with Crippen LogP contribution in [0.25, 0.3) is 10.8 Å². The van der Waals surface area contributed by atoms with E-state index in [0.717, 1.165) is 91.6 Å². The number of nitrogens with zero attached hydrogens (tertiary/aromatic N) is 2. The molecule has 0 atom stereocenters. The number of hydrogen-bond donors (Lipinski definition) is 4. The Morgan fingerprint density at radius 3 is 1.33 bits per heavy atom. The number of fused-ring (bicyclic) bond motifs is 1. The lowest BCUT2D eigenvalue weighted by atomic mass is 9.98. The Kier molecular flexibility index (Phi) is 8.49. The highest BCUT2D eigenvalue weighted by Crippen LogP contribution is 2.25. The maximum Gasteiger partial charge on any atom is 0.0241 e. The number of hydrogen-bond acceptors (Lipinski definition) is 6. The van der Waals surface area contributed by atoms with Gasteiger partial charge in [0.25, 0.3) is 0 Å². The van der Waals surface area contributed by atoms with Gasteiger partial charge in [0.05, 0.1) is 0 Å². The minimum atomic E-state index is 1.01. The van der Waals surface area contributed by atoms with Crippen LogP contribution in [-0.2, 0) is 13.1 Å². The van der Waals surface area contributed by atoms with Gasteiger partial charge in [-0.15, -0.1) is 0 Å². The van der Waals surface area contributed by atoms with Crippen molar-refractivity contribution < 1.29 is 0 Å². The summed E-state index contributed by atoms with van der Waals surface area (Å²) in [6, 6.07) is 13.7. The summed E-state index contributed by atoms with van der Waals surface area (Å²) < 4.78 is 0. The summed E-state index contributed by atoms with van der Waals surface area (Å²) in [4.78, 5) is 5.18. The smallest absolute Gasteiger partial charge is 0.0241 e. The van der Waals surface area contributed by atoms with Gasteiger partial charge in [-0.25, -0.2) is 0 Å². The summed E-state index contributed by atoms with van der Waals surface area (Å²) in [6.07, 6.45) is 0. The number of nitrogens with one attached hydrogen (secondary N) is 4. The van der Waals surface area contributed by atoms with Crippen molar-refractivity contribution in [1.29, 1.82) is 0 Å². The molecule has 0 saturated carbocycles. The van der Waals surface area contributed by atoms with Crippen LogP contribution in [0.1, 0.15) is 11.1 Å². The third kappa shape index (κ3) is 6.23. The molecule has 0 aliphatic carbocycles. The second kappa shape index (κ2) is 11.7. The fourth-order valence-corrected chi connectivity index (χ4v) is 4.59. The molecule has 2 saturated heterocycles. The molecule has 0 radical (unpaired) electrons. The summed E-state index contributed by atoms with van der Waals surface area (Å²) in [6.45, 7) is 14.9. The quantitative estimate of drug-likeness (QED) is 0.599. The fourth-order valence-electron chi connectivity index (χ4n) is 4.59. The van der Waals surface area contributed by atoms with E-state index in [1.165, 1.54) is 21.9 Å². The maximum absolute atomic E-state index is 3.54. The van der Waals surface area contributed by atoms with Gasteiger partial charge >= 0.3 is 0 Å². The Morgan fingerprint density at radius 2 is 0.933 bits per heavy atom. The SMILES string of the molecule is c1cc(CN2CCNCCNCC2)c2c(CN3CCNCCNCC3)cccc2c1. The van der Waals surface area contributed by atoms with Crippen LogP contribution >= 0.6 is 0 Å². The van der Waals surface area contributed by atoms with Crippen molar-refractivity contribution in [2.75, 3.05) is 78.5 Å². The Hall–Kier alpha value is -1.54. The van der Waals surface area contributed by atoms with E-state index in [1.807, 2.05) is 0 Å². The molecule has 2 aromatic carbocycles. The molecule has 0 aromatic heterocycles. The lowest BCUT2D eigenvalue weighted by Crippen LogP contribution is -2.34. The average molecular weight is 411 g/mol. The van der Waals surface area contributed by atoms with E-state index in [4.69, 9.17) is 0 Å². The van der Waals surface area contributed by atoms with Crippen LogP contribution < -0.4 is 21.3 Å². The lowest BCUT2D eigenvalue weighted by molar-refractivity contribution is 0.270. The molecule has 4 rings (SSSR count). The summed E-state index contributed by atoms with van der Waals surface area (Å²) >= 11 is 0. The van der Waals surface area contributed by atoms with Gasteiger partial charge in [0.15, 0.2) is 0 Å². The van der Waals surface area contributed by atoms with Gasteiger partial charge in [0.2, 0.25) is 0 Å². The average Bonchev–Trinajstić information content (AvgIpc) is 2.98. The predicted molar refractivity (Wildman–Crippen MR) is 126 cm³/mol. The van der Waals surface area contributed by atoms with Crippen LogP contribution in [0.4, 0.5) is 0 Å².